The van der Waals surface area contributed by atoms with Gasteiger partial charge in [-0.15, -0.1) is 0 Å². The lowest BCUT2D eigenvalue weighted by Crippen LogP contribution is -2.40. The van der Waals surface area contributed by atoms with Crippen molar-refractivity contribution in [2.75, 3.05) is 0 Å². The van der Waals surface area contributed by atoms with E-state index in [0.717, 1.165) is 22.6 Å². The molecule has 7 heteroatoms. The fourth-order valence-corrected chi connectivity index (χ4v) is 3.31. The number of hydrogen-bond donors (Lipinski definition) is 0. The van der Waals surface area contributed by atoms with E-state index in [1.807, 2.05) is 18.2 Å². The minimum absolute atomic E-state index is 0.186. The first-order chi connectivity index (χ1) is 11.7. The molecule has 0 aliphatic carbocycles. The number of imidazole rings is 1. The highest BCUT2D eigenvalue weighted by Crippen LogP contribution is 2.37. The van der Waals surface area contributed by atoms with Crippen LogP contribution in [0.15, 0.2) is 36.7 Å². The number of pyridine rings is 1. The van der Waals surface area contributed by atoms with Crippen LogP contribution in [0.25, 0.3) is 17.0 Å². The molecule has 132 valence electrons. The maximum atomic E-state index is 6.31. The smallest absolute Gasteiger partial charge is 0.192 e. The Bertz CT molecular complexity index is 901. The van der Waals surface area contributed by atoms with Gasteiger partial charge in [-0.2, -0.15) is 5.10 Å². The third-order valence-electron chi connectivity index (χ3n) is 4.82. The molecule has 0 saturated heterocycles. The maximum Gasteiger partial charge on any atom is 0.192 e. The zero-order valence-electron chi connectivity index (χ0n) is 15.2. The van der Waals surface area contributed by atoms with Gasteiger partial charge in [0.15, 0.2) is 14.0 Å². The topological polar surface area (TPSA) is 52.3 Å². The summed E-state index contributed by atoms with van der Waals surface area (Å²) in [5.74, 6) is 0. The van der Waals surface area contributed by atoms with Gasteiger partial charge in [0.1, 0.15) is 10.8 Å². The fraction of sp³-hybridized carbons (Fsp3) is 0.389. The zero-order valence-corrected chi connectivity index (χ0v) is 17.0. The summed E-state index contributed by atoms with van der Waals surface area (Å²) in [6, 6.07) is 7.58. The standard InChI is InChI=1S/C18H23ClN4OSi/c1-18(2,3)25(4,5)24-12-13-8-9-20-14(10-13)15-11-21-17-7-6-16(19)22-23(15)17/h6-11H,12H2,1-5H3. The van der Waals surface area contributed by atoms with Crippen molar-refractivity contribution in [1.82, 2.24) is 19.6 Å². The van der Waals surface area contributed by atoms with Crippen molar-refractivity contribution in [3.63, 3.8) is 0 Å². The van der Waals surface area contributed by atoms with Crippen molar-refractivity contribution < 1.29 is 4.43 Å². The lowest BCUT2D eigenvalue weighted by molar-refractivity contribution is 0.276. The molecule has 0 fully saturated rings. The van der Waals surface area contributed by atoms with Gasteiger partial charge in [0.2, 0.25) is 0 Å². The predicted molar refractivity (Wildman–Crippen MR) is 103 cm³/mol. The molecule has 0 aromatic carbocycles. The number of nitrogens with zero attached hydrogens (tertiary/aromatic N) is 4. The van der Waals surface area contributed by atoms with Crippen molar-refractivity contribution in [2.45, 2.75) is 45.5 Å². The van der Waals surface area contributed by atoms with Crippen LogP contribution in [-0.4, -0.2) is 27.9 Å². The molecule has 3 heterocycles. The van der Waals surface area contributed by atoms with Gasteiger partial charge in [0.25, 0.3) is 0 Å². The quantitative estimate of drug-likeness (QED) is 0.605. The monoisotopic (exact) mass is 374 g/mol. The molecule has 0 aliphatic rings. The van der Waals surface area contributed by atoms with E-state index in [4.69, 9.17) is 16.0 Å². The number of rotatable bonds is 4. The van der Waals surface area contributed by atoms with Gasteiger partial charge in [0, 0.05) is 6.20 Å². The van der Waals surface area contributed by atoms with E-state index in [9.17, 15) is 0 Å². The van der Waals surface area contributed by atoms with E-state index >= 15 is 0 Å². The molecule has 0 unspecified atom stereocenters. The summed E-state index contributed by atoms with van der Waals surface area (Å²) in [6.45, 7) is 11.8. The average molecular weight is 375 g/mol. The molecule has 3 rings (SSSR count). The summed E-state index contributed by atoms with van der Waals surface area (Å²) < 4.78 is 8.02. The first-order valence-corrected chi connectivity index (χ1v) is 11.6. The molecule has 5 nitrogen and oxygen atoms in total. The van der Waals surface area contributed by atoms with Gasteiger partial charge >= 0.3 is 0 Å². The highest BCUT2D eigenvalue weighted by molar-refractivity contribution is 6.74. The molecular weight excluding hydrogens is 352 g/mol. The molecule has 0 aliphatic heterocycles. The third kappa shape index (κ3) is 3.76. The van der Waals surface area contributed by atoms with Crippen LogP contribution in [0.2, 0.25) is 23.3 Å². The van der Waals surface area contributed by atoms with Crippen LogP contribution < -0.4 is 0 Å². The van der Waals surface area contributed by atoms with Gasteiger partial charge in [-0.25, -0.2) is 9.50 Å². The van der Waals surface area contributed by atoms with E-state index in [2.05, 4.69) is 48.9 Å². The van der Waals surface area contributed by atoms with E-state index in [1.165, 1.54) is 0 Å². The van der Waals surface area contributed by atoms with Gasteiger partial charge < -0.3 is 4.43 Å². The molecule has 0 N–H and O–H groups in total. The number of aromatic nitrogens is 4. The van der Waals surface area contributed by atoms with Crippen LogP contribution in [0.3, 0.4) is 0 Å². The summed E-state index contributed by atoms with van der Waals surface area (Å²) in [7, 11) is -1.79. The first kappa shape index (κ1) is 18.0. The van der Waals surface area contributed by atoms with Crippen LogP contribution in [0.1, 0.15) is 26.3 Å². The van der Waals surface area contributed by atoms with Gasteiger partial charge in [-0.05, 0) is 48.0 Å². The Labute approximate surface area is 154 Å². The zero-order chi connectivity index (χ0) is 18.2. The summed E-state index contributed by atoms with van der Waals surface area (Å²) >= 11 is 6.01. The number of halogens is 1. The van der Waals surface area contributed by atoms with E-state index in [1.54, 1.807) is 23.0 Å². The molecular formula is C18H23ClN4OSi. The second-order valence-corrected chi connectivity index (χ2v) is 12.9. The van der Waals surface area contributed by atoms with Crippen molar-refractivity contribution in [3.05, 3.63) is 47.4 Å². The van der Waals surface area contributed by atoms with E-state index in [0.29, 0.717) is 11.8 Å². The van der Waals surface area contributed by atoms with Gasteiger partial charge in [-0.3, -0.25) is 4.98 Å². The Balaban J connectivity index is 1.88. The fourth-order valence-electron chi connectivity index (χ4n) is 2.21. The molecule has 3 aromatic rings. The van der Waals surface area contributed by atoms with Crippen LogP contribution in [-0.2, 0) is 11.0 Å². The van der Waals surface area contributed by atoms with Crippen LogP contribution in [0.4, 0.5) is 0 Å². The molecule has 0 radical (unpaired) electrons. The summed E-state index contributed by atoms with van der Waals surface area (Å²) in [5.41, 5.74) is 3.45. The summed E-state index contributed by atoms with van der Waals surface area (Å²) in [4.78, 5) is 8.83. The Kier molecular flexibility index (Phi) is 4.70. The molecule has 0 spiro atoms. The minimum Gasteiger partial charge on any atom is -0.413 e. The van der Waals surface area contributed by atoms with Gasteiger partial charge in [-0.1, -0.05) is 32.4 Å². The lowest BCUT2D eigenvalue weighted by Gasteiger charge is -2.36. The van der Waals surface area contributed by atoms with Crippen molar-refractivity contribution in [2.24, 2.45) is 0 Å². The molecule has 0 bridgehead atoms. The maximum absolute atomic E-state index is 6.31. The first-order valence-electron chi connectivity index (χ1n) is 8.27. The molecule has 25 heavy (non-hydrogen) atoms. The minimum atomic E-state index is -1.79. The third-order valence-corrected chi connectivity index (χ3v) is 9.50. The van der Waals surface area contributed by atoms with E-state index in [-0.39, 0.29) is 5.04 Å². The molecule has 0 atom stereocenters. The van der Waals surface area contributed by atoms with Crippen LogP contribution in [0.5, 0.6) is 0 Å². The summed E-state index contributed by atoms with van der Waals surface area (Å²) in [6.07, 6.45) is 3.56. The lowest BCUT2D eigenvalue weighted by atomic mass is 10.2. The van der Waals surface area contributed by atoms with Crippen molar-refractivity contribution in [3.8, 4) is 11.4 Å². The Hall–Kier alpha value is -1.76. The Morgan fingerprint density at radius 2 is 1.92 bits per heavy atom. The highest BCUT2D eigenvalue weighted by Gasteiger charge is 2.37. The highest BCUT2D eigenvalue weighted by atomic mass is 35.5. The Morgan fingerprint density at radius 1 is 1.16 bits per heavy atom. The molecule has 0 saturated carbocycles. The number of hydrogen-bond acceptors (Lipinski definition) is 4. The Morgan fingerprint density at radius 3 is 2.64 bits per heavy atom. The number of fused-ring (bicyclic) bond motifs is 1. The van der Waals surface area contributed by atoms with E-state index < -0.39 is 8.32 Å². The SMILES string of the molecule is CC(C)(C)[Si](C)(C)OCc1ccnc(-c2cnc3ccc(Cl)nn23)c1. The largest absolute Gasteiger partial charge is 0.413 e. The van der Waals surface area contributed by atoms with Crippen molar-refractivity contribution in [1.29, 1.82) is 0 Å². The van der Waals surface area contributed by atoms with Crippen LogP contribution >= 0.6 is 11.6 Å². The second-order valence-electron chi connectivity index (χ2n) is 7.67. The summed E-state index contributed by atoms with van der Waals surface area (Å²) in [5, 5.41) is 4.92. The second kappa shape index (κ2) is 6.51. The average Bonchev–Trinajstić information content (AvgIpc) is 2.95. The molecule has 3 aromatic heterocycles. The normalized spacial score (nSPS) is 12.7. The van der Waals surface area contributed by atoms with Crippen molar-refractivity contribution >= 4 is 25.6 Å². The predicted octanol–water partition coefficient (Wildman–Crippen LogP) is 4.97. The molecule has 0 amide bonds. The van der Waals surface area contributed by atoms with Crippen LogP contribution in [0, 0.1) is 0 Å². The van der Waals surface area contributed by atoms with Gasteiger partial charge in [0.05, 0.1) is 18.5 Å².